The Morgan fingerprint density at radius 3 is 2.74 bits per heavy atom. The Hall–Kier alpha value is -3.19. The zero-order valence-electron chi connectivity index (χ0n) is 14.2. The zero-order valence-corrected chi connectivity index (χ0v) is 15.0. The van der Waals surface area contributed by atoms with Gasteiger partial charge in [-0.15, -0.1) is 0 Å². The molecule has 2 aromatic rings. The van der Waals surface area contributed by atoms with Crippen molar-refractivity contribution in [1.82, 2.24) is 0 Å². The van der Waals surface area contributed by atoms with Gasteiger partial charge in [0.05, 0.1) is 21.2 Å². The fraction of sp³-hybridized carbons (Fsp3) is 0.158. The molecule has 2 aromatic carbocycles. The number of para-hydroxylation sites is 1. The normalized spacial score (nSPS) is 14.0. The van der Waals surface area contributed by atoms with Crippen molar-refractivity contribution in [2.45, 2.75) is 12.8 Å². The van der Waals surface area contributed by atoms with Gasteiger partial charge in [0.25, 0.3) is 5.69 Å². The van der Waals surface area contributed by atoms with Crippen LogP contribution in [-0.2, 0) is 9.59 Å². The summed E-state index contributed by atoms with van der Waals surface area (Å²) in [5.74, 6) is -0.453. The second-order valence-electron chi connectivity index (χ2n) is 5.95. The molecule has 1 fully saturated rings. The lowest BCUT2D eigenvalue weighted by molar-refractivity contribution is -0.385. The highest BCUT2D eigenvalue weighted by Gasteiger charge is 2.22. The number of hydrogen-bond acceptors (Lipinski definition) is 4. The monoisotopic (exact) mass is 385 g/mol. The van der Waals surface area contributed by atoms with Crippen molar-refractivity contribution in [3.8, 4) is 0 Å². The van der Waals surface area contributed by atoms with Crippen LogP contribution in [0, 0.1) is 10.1 Å². The number of nitrogens with one attached hydrogen (secondary N) is 1. The first-order valence-electron chi connectivity index (χ1n) is 8.28. The van der Waals surface area contributed by atoms with Crippen molar-refractivity contribution in [2.24, 2.45) is 0 Å². The van der Waals surface area contributed by atoms with Gasteiger partial charge in [-0.2, -0.15) is 0 Å². The van der Waals surface area contributed by atoms with Crippen LogP contribution in [-0.4, -0.2) is 23.3 Å². The van der Waals surface area contributed by atoms with Crippen LogP contribution in [0.25, 0.3) is 6.08 Å². The Bertz CT molecular complexity index is 942. The first-order chi connectivity index (χ1) is 13.0. The number of hydrogen-bond donors (Lipinski definition) is 1. The minimum atomic E-state index is -0.509. The van der Waals surface area contributed by atoms with Gasteiger partial charge >= 0.3 is 0 Å². The summed E-state index contributed by atoms with van der Waals surface area (Å²) in [6, 6.07) is 11.1. The van der Waals surface area contributed by atoms with Gasteiger partial charge in [0.2, 0.25) is 11.8 Å². The summed E-state index contributed by atoms with van der Waals surface area (Å²) >= 11 is 6.14. The van der Waals surface area contributed by atoms with E-state index in [0.717, 1.165) is 6.42 Å². The Kier molecular flexibility index (Phi) is 5.52. The number of carbonyl (C=O) groups is 2. The summed E-state index contributed by atoms with van der Waals surface area (Å²) in [4.78, 5) is 36.2. The maximum absolute atomic E-state index is 12.2. The van der Waals surface area contributed by atoms with Gasteiger partial charge in [0.15, 0.2) is 0 Å². The third-order valence-electron chi connectivity index (χ3n) is 4.14. The van der Waals surface area contributed by atoms with E-state index in [0.29, 0.717) is 34.9 Å². The molecule has 0 radical (unpaired) electrons. The molecule has 3 rings (SSSR count). The molecule has 0 saturated carbocycles. The average molecular weight is 386 g/mol. The number of anilines is 2. The molecule has 1 aliphatic rings. The minimum absolute atomic E-state index is 0.0332. The Balaban J connectivity index is 1.76. The van der Waals surface area contributed by atoms with Crippen molar-refractivity contribution in [3.05, 3.63) is 69.2 Å². The van der Waals surface area contributed by atoms with Crippen LogP contribution in [0.3, 0.4) is 0 Å². The lowest BCUT2D eigenvalue weighted by Crippen LogP contribution is -2.23. The summed E-state index contributed by atoms with van der Waals surface area (Å²) in [7, 11) is 0. The number of amides is 2. The lowest BCUT2D eigenvalue weighted by atomic mass is 10.1. The van der Waals surface area contributed by atoms with Crippen LogP contribution in [0.5, 0.6) is 0 Å². The largest absolute Gasteiger partial charge is 0.321 e. The summed E-state index contributed by atoms with van der Waals surface area (Å²) in [5, 5.41) is 14.0. The van der Waals surface area contributed by atoms with E-state index in [1.54, 1.807) is 41.3 Å². The van der Waals surface area contributed by atoms with Gasteiger partial charge in [-0.3, -0.25) is 19.7 Å². The van der Waals surface area contributed by atoms with Gasteiger partial charge < -0.3 is 10.2 Å². The van der Waals surface area contributed by atoms with Gasteiger partial charge in [-0.1, -0.05) is 23.7 Å². The van der Waals surface area contributed by atoms with Crippen LogP contribution in [0.2, 0.25) is 5.02 Å². The number of benzene rings is 2. The molecule has 0 aliphatic carbocycles. The molecule has 0 unspecified atom stereocenters. The second kappa shape index (κ2) is 8.01. The molecule has 0 bridgehead atoms. The van der Waals surface area contributed by atoms with Crippen molar-refractivity contribution in [1.29, 1.82) is 0 Å². The number of carbonyl (C=O) groups excluding carboxylic acids is 2. The topological polar surface area (TPSA) is 92.5 Å². The molecule has 0 atom stereocenters. The van der Waals surface area contributed by atoms with Crippen LogP contribution in [0.1, 0.15) is 18.4 Å². The van der Waals surface area contributed by atoms with Crippen molar-refractivity contribution in [3.63, 3.8) is 0 Å². The third-order valence-corrected chi connectivity index (χ3v) is 4.47. The summed E-state index contributed by atoms with van der Waals surface area (Å²) in [6.07, 6.45) is 3.87. The van der Waals surface area contributed by atoms with E-state index in [4.69, 9.17) is 11.6 Å². The molecular formula is C19H16ClN3O4. The number of halogens is 1. The number of nitro benzene ring substituents is 1. The first kappa shape index (κ1) is 18.6. The summed E-state index contributed by atoms with van der Waals surface area (Å²) in [6.45, 7) is 0.630. The minimum Gasteiger partial charge on any atom is -0.321 e. The second-order valence-corrected chi connectivity index (χ2v) is 6.36. The highest BCUT2D eigenvalue weighted by Crippen LogP contribution is 2.30. The predicted octanol–water partition coefficient (Wildman–Crippen LogP) is 4.03. The molecule has 1 aliphatic heterocycles. The SMILES string of the molecule is O=C(/C=C/c1ccccc1[N+](=O)[O-])Nc1cc(N2CCCC2=O)ccc1Cl. The molecular weight excluding hydrogens is 370 g/mol. The first-order valence-corrected chi connectivity index (χ1v) is 8.66. The van der Waals surface area contributed by atoms with E-state index in [9.17, 15) is 19.7 Å². The summed E-state index contributed by atoms with van der Waals surface area (Å²) in [5.41, 5.74) is 1.26. The Labute approximate surface area is 160 Å². The lowest BCUT2D eigenvalue weighted by Gasteiger charge is -2.17. The molecule has 2 amide bonds. The Morgan fingerprint density at radius 2 is 2.04 bits per heavy atom. The van der Waals surface area contributed by atoms with E-state index in [2.05, 4.69) is 5.32 Å². The highest BCUT2D eigenvalue weighted by molar-refractivity contribution is 6.34. The van der Waals surface area contributed by atoms with E-state index in [1.807, 2.05) is 0 Å². The fourth-order valence-corrected chi connectivity index (χ4v) is 3.00. The molecule has 7 nitrogen and oxygen atoms in total. The maximum Gasteiger partial charge on any atom is 0.276 e. The van der Waals surface area contributed by atoms with E-state index < -0.39 is 10.8 Å². The zero-order chi connectivity index (χ0) is 19.4. The van der Waals surface area contributed by atoms with Gasteiger partial charge in [-0.25, -0.2) is 0 Å². The molecule has 0 aromatic heterocycles. The number of nitro groups is 1. The van der Waals surface area contributed by atoms with Crippen molar-refractivity contribution in [2.75, 3.05) is 16.8 Å². The number of rotatable bonds is 5. The van der Waals surface area contributed by atoms with E-state index in [-0.39, 0.29) is 11.6 Å². The third kappa shape index (κ3) is 4.32. The molecule has 0 spiro atoms. The fourth-order valence-electron chi connectivity index (χ4n) is 2.83. The predicted molar refractivity (Wildman–Crippen MR) is 104 cm³/mol. The molecule has 8 heteroatoms. The van der Waals surface area contributed by atoms with Crippen LogP contribution < -0.4 is 10.2 Å². The molecule has 1 saturated heterocycles. The van der Waals surface area contributed by atoms with Gasteiger partial charge in [0, 0.05) is 30.8 Å². The maximum atomic E-state index is 12.2. The molecule has 1 N–H and O–H groups in total. The van der Waals surface area contributed by atoms with E-state index >= 15 is 0 Å². The van der Waals surface area contributed by atoms with Crippen LogP contribution >= 0.6 is 11.6 Å². The molecule has 27 heavy (non-hydrogen) atoms. The number of nitrogens with zero attached hydrogens (tertiary/aromatic N) is 2. The van der Waals surface area contributed by atoms with Gasteiger partial charge in [0.1, 0.15) is 0 Å². The molecule has 138 valence electrons. The molecule has 1 heterocycles. The van der Waals surface area contributed by atoms with Crippen LogP contribution in [0.4, 0.5) is 17.1 Å². The standard InChI is InChI=1S/C19H16ClN3O4/c20-15-9-8-14(22-11-3-6-19(22)25)12-16(15)21-18(24)10-7-13-4-1-2-5-17(13)23(26)27/h1-2,4-5,7-10,12H,3,6,11H2,(H,21,24)/b10-7+. The van der Waals surface area contributed by atoms with Crippen LogP contribution in [0.15, 0.2) is 48.5 Å². The van der Waals surface area contributed by atoms with Crippen molar-refractivity contribution < 1.29 is 14.5 Å². The van der Waals surface area contributed by atoms with E-state index in [1.165, 1.54) is 18.2 Å². The van der Waals surface area contributed by atoms with Gasteiger partial charge in [-0.05, 0) is 36.8 Å². The highest BCUT2D eigenvalue weighted by atomic mass is 35.5. The smallest absolute Gasteiger partial charge is 0.276 e. The average Bonchev–Trinajstić information content (AvgIpc) is 3.08. The Morgan fingerprint density at radius 1 is 1.26 bits per heavy atom. The summed E-state index contributed by atoms with van der Waals surface area (Å²) < 4.78 is 0. The van der Waals surface area contributed by atoms with Crippen molar-refractivity contribution >= 4 is 46.6 Å². The quantitative estimate of drug-likeness (QED) is 0.477.